The maximum Gasteiger partial charge on any atom is 0.208 e. The van der Waals surface area contributed by atoms with Crippen molar-refractivity contribution in [2.75, 3.05) is 32.4 Å². The summed E-state index contributed by atoms with van der Waals surface area (Å²) in [7, 11) is -3.06. The van der Waals surface area contributed by atoms with Crippen LogP contribution in [0.15, 0.2) is 24.3 Å². The van der Waals surface area contributed by atoms with E-state index in [9.17, 15) is 8.42 Å². The van der Waals surface area contributed by atoms with Crippen LogP contribution in [0.2, 0.25) is 0 Å². The van der Waals surface area contributed by atoms with Gasteiger partial charge >= 0.3 is 0 Å². The van der Waals surface area contributed by atoms with Gasteiger partial charge in [0, 0.05) is 31.7 Å². The Bertz CT molecular complexity index is 632. The maximum absolute atomic E-state index is 11.0. The molecule has 2 heterocycles. The fourth-order valence-electron chi connectivity index (χ4n) is 3.79. The van der Waals surface area contributed by atoms with Crippen molar-refractivity contribution in [3.63, 3.8) is 0 Å². The van der Waals surface area contributed by atoms with Gasteiger partial charge in [-0.15, -0.1) is 0 Å². The SMILES string of the molecule is CS(=O)(=O)NCCCN[C@@H]1CCN2CCc3ccccc3[C@@H]2C1. The monoisotopic (exact) mass is 337 g/mol. The smallest absolute Gasteiger partial charge is 0.208 e. The lowest BCUT2D eigenvalue weighted by atomic mass is 9.85. The number of nitrogens with zero attached hydrogens (tertiary/aromatic N) is 1. The normalized spacial score (nSPS) is 24.9. The average Bonchev–Trinajstić information content (AvgIpc) is 2.53. The van der Waals surface area contributed by atoms with Gasteiger partial charge in [0.15, 0.2) is 0 Å². The molecule has 1 aromatic rings. The second-order valence-electron chi connectivity index (χ2n) is 6.70. The van der Waals surface area contributed by atoms with Gasteiger partial charge in [-0.1, -0.05) is 24.3 Å². The van der Waals surface area contributed by atoms with E-state index in [1.807, 2.05) is 0 Å². The van der Waals surface area contributed by atoms with Crippen molar-refractivity contribution in [3.8, 4) is 0 Å². The van der Waals surface area contributed by atoms with Gasteiger partial charge in [0.05, 0.1) is 6.26 Å². The van der Waals surface area contributed by atoms with Crippen molar-refractivity contribution < 1.29 is 8.42 Å². The van der Waals surface area contributed by atoms with Crippen LogP contribution in [-0.4, -0.2) is 51.8 Å². The zero-order valence-corrected chi connectivity index (χ0v) is 14.6. The number of piperidine rings is 1. The Morgan fingerprint density at radius 3 is 2.87 bits per heavy atom. The molecule has 5 nitrogen and oxygen atoms in total. The van der Waals surface area contributed by atoms with Crippen LogP contribution < -0.4 is 10.0 Å². The number of benzene rings is 1. The van der Waals surface area contributed by atoms with E-state index in [-0.39, 0.29) is 0 Å². The van der Waals surface area contributed by atoms with Crippen molar-refractivity contribution in [1.82, 2.24) is 14.9 Å². The number of nitrogens with one attached hydrogen (secondary N) is 2. The van der Waals surface area contributed by atoms with Crippen LogP contribution in [0.3, 0.4) is 0 Å². The lowest BCUT2D eigenvalue weighted by molar-refractivity contribution is 0.116. The van der Waals surface area contributed by atoms with Crippen molar-refractivity contribution in [3.05, 3.63) is 35.4 Å². The van der Waals surface area contributed by atoms with E-state index in [4.69, 9.17) is 0 Å². The van der Waals surface area contributed by atoms with Crippen LogP contribution in [0, 0.1) is 0 Å². The number of fused-ring (bicyclic) bond motifs is 3. The minimum Gasteiger partial charge on any atom is -0.314 e. The number of rotatable bonds is 6. The van der Waals surface area contributed by atoms with Crippen LogP contribution in [-0.2, 0) is 16.4 Å². The highest BCUT2D eigenvalue weighted by atomic mass is 32.2. The van der Waals surface area contributed by atoms with E-state index in [0.29, 0.717) is 18.6 Å². The summed E-state index contributed by atoms with van der Waals surface area (Å²) in [5.74, 6) is 0. The molecule has 0 unspecified atom stereocenters. The molecular formula is C17H27N3O2S. The summed E-state index contributed by atoms with van der Waals surface area (Å²) in [6, 6.07) is 9.91. The maximum atomic E-state index is 11.0. The molecule has 0 aliphatic carbocycles. The molecule has 2 atom stereocenters. The summed E-state index contributed by atoms with van der Waals surface area (Å²) in [4.78, 5) is 2.62. The first-order chi connectivity index (χ1) is 11.0. The van der Waals surface area contributed by atoms with Crippen molar-refractivity contribution in [2.24, 2.45) is 0 Å². The lowest BCUT2D eigenvalue weighted by Gasteiger charge is -2.43. The Morgan fingerprint density at radius 1 is 1.22 bits per heavy atom. The van der Waals surface area contributed by atoms with Crippen molar-refractivity contribution in [1.29, 1.82) is 0 Å². The van der Waals surface area contributed by atoms with E-state index in [2.05, 4.69) is 39.2 Å². The fourth-order valence-corrected chi connectivity index (χ4v) is 4.31. The quantitative estimate of drug-likeness (QED) is 0.768. The largest absolute Gasteiger partial charge is 0.314 e. The third-order valence-electron chi connectivity index (χ3n) is 4.95. The molecule has 0 aromatic heterocycles. The van der Waals surface area contributed by atoms with Crippen LogP contribution in [0.25, 0.3) is 0 Å². The molecule has 23 heavy (non-hydrogen) atoms. The first-order valence-corrected chi connectivity index (χ1v) is 10.4. The highest BCUT2D eigenvalue weighted by Crippen LogP contribution is 2.36. The molecule has 2 aliphatic rings. The molecule has 0 saturated carbocycles. The van der Waals surface area contributed by atoms with Gasteiger partial charge in [0.25, 0.3) is 0 Å². The Morgan fingerprint density at radius 2 is 2.04 bits per heavy atom. The fraction of sp³-hybridized carbons (Fsp3) is 0.647. The lowest BCUT2D eigenvalue weighted by Crippen LogP contribution is -2.47. The number of hydrogen-bond donors (Lipinski definition) is 2. The van der Waals surface area contributed by atoms with Gasteiger partial charge in [-0.05, 0) is 43.4 Å². The van der Waals surface area contributed by atoms with Gasteiger partial charge in [-0.2, -0.15) is 0 Å². The predicted molar refractivity (Wildman–Crippen MR) is 92.9 cm³/mol. The predicted octanol–water partition coefficient (Wildman–Crippen LogP) is 1.28. The molecule has 0 spiro atoms. The minimum atomic E-state index is -3.06. The minimum absolute atomic E-state index is 0.511. The molecular weight excluding hydrogens is 310 g/mol. The van der Waals surface area contributed by atoms with E-state index in [1.54, 1.807) is 0 Å². The summed E-state index contributed by atoms with van der Waals surface area (Å²) >= 11 is 0. The van der Waals surface area contributed by atoms with E-state index in [0.717, 1.165) is 25.9 Å². The highest BCUT2D eigenvalue weighted by molar-refractivity contribution is 7.88. The van der Waals surface area contributed by atoms with Crippen LogP contribution in [0.4, 0.5) is 0 Å². The van der Waals surface area contributed by atoms with E-state index < -0.39 is 10.0 Å². The van der Waals surface area contributed by atoms with Crippen LogP contribution in [0.1, 0.15) is 36.4 Å². The van der Waals surface area contributed by atoms with Crippen molar-refractivity contribution >= 4 is 10.0 Å². The van der Waals surface area contributed by atoms with Gasteiger partial charge < -0.3 is 5.32 Å². The Kier molecular flexibility index (Phi) is 5.36. The Balaban J connectivity index is 1.49. The Hall–Kier alpha value is -0.950. The van der Waals surface area contributed by atoms with Crippen molar-refractivity contribution in [2.45, 2.75) is 37.8 Å². The standard InChI is InChI=1S/C17H27N3O2S/c1-23(21,22)19-10-4-9-18-15-8-12-20-11-7-14-5-2-3-6-16(14)17(20)13-15/h2-3,5-6,15,17-19H,4,7-13H2,1H3/t15-,17+/m1/s1. The molecule has 2 N–H and O–H groups in total. The second-order valence-corrected chi connectivity index (χ2v) is 8.53. The Labute approximate surface area is 139 Å². The zero-order valence-electron chi connectivity index (χ0n) is 13.8. The van der Waals surface area contributed by atoms with Gasteiger partial charge in [-0.3, -0.25) is 4.90 Å². The summed E-state index contributed by atoms with van der Waals surface area (Å²) in [6.45, 7) is 3.70. The zero-order chi connectivity index (χ0) is 16.3. The molecule has 3 rings (SSSR count). The number of sulfonamides is 1. The first-order valence-electron chi connectivity index (χ1n) is 8.53. The summed E-state index contributed by atoms with van der Waals surface area (Å²) < 4.78 is 24.6. The topological polar surface area (TPSA) is 61.4 Å². The van der Waals surface area contributed by atoms with E-state index >= 15 is 0 Å². The molecule has 0 radical (unpaired) electrons. The van der Waals surface area contributed by atoms with Gasteiger partial charge in [0.1, 0.15) is 0 Å². The molecule has 1 fully saturated rings. The third kappa shape index (κ3) is 4.53. The molecule has 1 saturated heterocycles. The average molecular weight is 337 g/mol. The third-order valence-corrected chi connectivity index (χ3v) is 5.68. The molecule has 128 valence electrons. The first kappa shape index (κ1) is 16.9. The van der Waals surface area contributed by atoms with Crippen LogP contribution >= 0.6 is 0 Å². The van der Waals surface area contributed by atoms with Crippen LogP contribution in [0.5, 0.6) is 0 Å². The molecule has 2 aliphatic heterocycles. The summed E-state index contributed by atoms with van der Waals surface area (Å²) in [6.07, 6.45) is 5.53. The number of hydrogen-bond acceptors (Lipinski definition) is 4. The van der Waals surface area contributed by atoms with Gasteiger partial charge in [0.2, 0.25) is 10.0 Å². The molecule has 1 aromatic carbocycles. The molecule has 0 amide bonds. The molecule has 0 bridgehead atoms. The summed E-state index contributed by atoms with van der Waals surface area (Å²) in [5, 5.41) is 3.61. The van der Waals surface area contributed by atoms with E-state index in [1.165, 1.54) is 36.8 Å². The second kappa shape index (κ2) is 7.30. The van der Waals surface area contributed by atoms with Gasteiger partial charge in [-0.25, -0.2) is 13.1 Å². The molecule has 6 heteroatoms. The summed E-state index contributed by atoms with van der Waals surface area (Å²) in [5.41, 5.74) is 3.01. The highest BCUT2D eigenvalue weighted by Gasteiger charge is 2.32.